The van der Waals surface area contributed by atoms with Gasteiger partial charge in [-0.1, -0.05) is 95.8 Å². The van der Waals surface area contributed by atoms with E-state index in [1.54, 1.807) is 36.4 Å². The fraction of sp³-hybridized carbons (Fsp3) is 0.558. The molecule has 2 aromatic rings. The van der Waals surface area contributed by atoms with Gasteiger partial charge in [0.05, 0.1) is 0 Å². The Balaban J connectivity index is 2.42. The number of aromatic hydroxyl groups is 1. The lowest BCUT2D eigenvalue weighted by atomic mass is 9.99. The molecule has 0 bridgehead atoms. The highest BCUT2D eigenvalue weighted by Crippen LogP contribution is 2.14. The van der Waals surface area contributed by atoms with Crippen molar-refractivity contribution in [1.82, 2.24) is 31.9 Å². The van der Waals surface area contributed by atoms with Crippen LogP contribution in [0.3, 0.4) is 0 Å². The Morgan fingerprint density at radius 2 is 1.03 bits per heavy atom. The van der Waals surface area contributed by atoms with Gasteiger partial charge >= 0.3 is 5.97 Å². The first kappa shape index (κ1) is 49.6. The number of phenols is 1. The minimum atomic E-state index is -1.26. The van der Waals surface area contributed by atoms with E-state index in [2.05, 4.69) is 31.9 Å². The molecule has 2 rings (SSSR count). The number of aliphatic carboxylic acids is 1. The van der Waals surface area contributed by atoms with Crippen LogP contribution in [0.5, 0.6) is 5.75 Å². The summed E-state index contributed by atoms with van der Waals surface area (Å²) in [4.78, 5) is 92.5. The molecule has 0 aliphatic heterocycles. The Hall–Kier alpha value is -5.51. The second-order valence-corrected chi connectivity index (χ2v) is 15.2. The number of nitrogens with one attached hydrogen (secondary N) is 6. The molecule has 0 heterocycles. The predicted octanol–water partition coefficient (Wildman–Crippen LogP) is 2.36. The van der Waals surface area contributed by atoms with Gasteiger partial charge in [-0.3, -0.25) is 28.8 Å². The van der Waals surface area contributed by atoms with Crippen molar-refractivity contribution in [3.63, 3.8) is 0 Å². The highest BCUT2D eigenvalue weighted by atomic mass is 16.4. The highest BCUT2D eigenvalue weighted by Gasteiger charge is 2.33. The monoisotopic (exact) mass is 823 g/mol. The number of unbranched alkanes of at least 4 members (excludes halogenated alkanes) is 3. The zero-order chi connectivity index (χ0) is 43.7. The molecular weight excluding hydrogens is 759 g/mol. The number of nitrogens with two attached hydrogens (primary N) is 1. The molecule has 16 heteroatoms. The number of carboxylic acids is 1. The van der Waals surface area contributed by atoms with Gasteiger partial charge in [0.1, 0.15) is 42.0 Å². The first-order valence-electron chi connectivity index (χ1n) is 20.7. The minimum absolute atomic E-state index is 0.00638. The third kappa shape index (κ3) is 18.7. The molecule has 326 valence electrons. The first-order valence-corrected chi connectivity index (χ1v) is 20.7. The van der Waals surface area contributed by atoms with Crippen molar-refractivity contribution in [3.8, 4) is 5.75 Å². The minimum Gasteiger partial charge on any atom is -0.508 e. The maximum Gasteiger partial charge on any atom is 0.326 e. The van der Waals surface area contributed by atoms with E-state index in [9.17, 15) is 43.8 Å². The van der Waals surface area contributed by atoms with Crippen LogP contribution in [0, 0.1) is 5.92 Å². The summed E-state index contributed by atoms with van der Waals surface area (Å²) < 4.78 is 0. The first-order chi connectivity index (χ1) is 28.2. The fourth-order valence-corrected chi connectivity index (χ4v) is 6.41. The highest BCUT2D eigenvalue weighted by molar-refractivity contribution is 5.96. The van der Waals surface area contributed by atoms with Crippen LogP contribution in [-0.2, 0) is 46.4 Å². The van der Waals surface area contributed by atoms with E-state index in [1.165, 1.54) is 12.1 Å². The van der Waals surface area contributed by atoms with Gasteiger partial charge in [0, 0.05) is 12.8 Å². The zero-order valence-electron chi connectivity index (χ0n) is 34.8. The lowest BCUT2D eigenvalue weighted by Crippen LogP contribution is -2.60. The SMILES string of the molecule is CCCC[C@H](NC=O)C(=O)N[C@@H](CC(C)C)C(=O)N[C@H](Cc1ccccc1)C(=O)N[C@@H](CCCC)C(=O)N[C@@H](Cc1ccc(O)cc1)C(=O)N[C@@H](CCCCN)C(=O)O. The summed E-state index contributed by atoms with van der Waals surface area (Å²) >= 11 is 0. The Kier molecular flexibility index (Phi) is 22.9. The molecule has 0 aliphatic carbocycles. The molecular formula is C43H65N7O9. The van der Waals surface area contributed by atoms with Crippen molar-refractivity contribution in [1.29, 1.82) is 0 Å². The van der Waals surface area contributed by atoms with Gasteiger partial charge < -0.3 is 47.8 Å². The molecule has 0 unspecified atom stereocenters. The third-order valence-corrected chi connectivity index (χ3v) is 9.74. The number of carbonyl (C=O) groups is 7. The number of benzene rings is 2. The number of amides is 6. The summed E-state index contributed by atoms with van der Waals surface area (Å²) in [5.41, 5.74) is 6.86. The van der Waals surface area contributed by atoms with E-state index in [0.717, 1.165) is 6.42 Å². The molecule has 0 spiro atoms. The molecule has 0 fully saturated rings. The number of hydrogen-bond acceptors (Lipinski definition) is 9. The fourth-order valence-electron chi connectivity index (χ4n) is 6.41. The summed E-state index contributed by atoms with van der Waals surface area (Å²) in [5.74, 6) is -4.56. The standard InChI is InChI=1S/C43H65N7O9/c1-5-7-16-32(45-27-51)38(53)48-35(24-28(3)4)40(55)50-36(25-29-14-10-9-11-15-29)41(56)46-33(17-8-6-2)39(54)49-37(26-30-19-21-31(52)22-20-30)42(57)47-34(43(58)59)18-12-13-23-44/h9-11,14-15,19-22,27-28,32-37,52H,5-8,12-13,16-18,23-26,44H2,1-4H3,(H,45,51)(H,46,56)(H,47,57)(H,48,53)(H,49,54)(H,50,55)(H,58,59)/t32-,33-,34-,35-,36+,37-/m0/s1. The van der Waals surface area contributed by atoms with E-state index in [0.29, 0.717) is 62.6 Å². The van der Waals surface area contributed by atoms with Gasteiger partial charge in [-0.15, -0.1) is 0 Å². The van der Waals surface area contributed by atoms with E-state index < -0.39 is 71.8 Å². The zero-order valence-corrected chi connectivity index (χ0v) is 34.8. The summed E-state index contributed by atoms with van der Waals surface area (Å²) in [6, 6.07) is 8.21. The normalized spacial score (nSPS) is 14.1. The predicted molar refractivity (Wildman–Crippen MR) is 224 cm³/mol. The number of carboxylic acid groups (broad SMARTS) is 1. The number of rotatable bonds is 29. The lowest BCUT2D eigenvalue weighted by molar-refractivity contribution is -0.142. The van der Waals surface area contributed by atoms with Crippen LogP contribution in [0.1, 0.15) is 103 Å². The van der Waals surface area contributed by atoms with Gasteiger partial charge in [0.2, 0.25) is 35.9 Å². The van der Waals surface area contributed by atoms with Crippen molar-refractivity contribution in [2.24, 2.45) is 11.7 Å². The molecule has 0 saturated heterocycles. The smallest absolute Gasteiger partial charge is 0.326 e. The Morgan fingerprint density at radius 3 is 1.54 bits per heavy atom. The molecule has 0 aromatic heterocycles. The topological polar surface area (TPSA) is 258 Å². The van der Waals surface area contributed by atoms with Gasteiger partial charge in [-0.2, -0.15) is 0 Å². The van der Waals surface area contributed by atoms with E-state index in [1.807, 2.05) is 33.8 Å². The Labute approximate surface area is 347 Å². The molecule has 0 aliphatic rings. The quantitative estimate of drug-likeness (QED) is 0.0428. The van der Waals surface area contributed by atoms with Crippen molar-refractivity contribution in [3.05, 3.63) is 65.7 Å². The van der Waals surface area contributed by atoms with E-state index >= 15 is 0 Å². The third-order valence-electron chi connectivity index (χ3n) is 9.74. The molecule has 0 saturated carbocycles. The molecule has 2 aromatic carbocycles. The second kappa shape index (κ2) is 27.2. The van der Waals surface area contributed by atoms with E-state index in [4.69, 9.17) is 5.73 Å². The summed E-state index contributed by atoms with van der Waals surface area (Å²) in [6.45, 7) is 7.99. The van der Waals surface area contributed by atoms with Crippen LogP contribution in [0.2, 0.25) is 0 Å². The maximum absolute atomic E-state index is 14.2. The van der Waals surface area contributed by atoms with Crippen molar-refractivity contribution in [2.75, 3.05) is 6.54 Å². The van der Waals surface area contributed by atoms with Crippen LogP contribution in [0.4, 0.5) is 0 Å². The van der Waals surface area contributed by atoms with Crippen molar-refractivity contribution >= 4 is 41.9 Å². The summed E-state index contributed by atoms with van der Waals surface area (Å²) in [5, 5.41) is 35.8. The maximum atomic E-state index is 14.2. The molecule has 0 radical (unpaired) electrons. The van der Waals surface area contributed by atoms with Crippen LogP contribution >= 0.6 is 0 Å². The van der Waals surface area contributed by atoms with Crippen molar-refractivity contribution in [2.45, 2.75) is 141 Å². The van der Waals surface area contributed by atoms with Gasteiger partial charge in [-0.25, -0.2) is 4.79 Å². The van der Waals surface area contributed by atoms with E-state index in [-0.39, 0.29) is 43.8 Å². The Bertz CT molecular complexity index is 1620. The Morgan fingerprint density at radius 1 is 0.593 bits per heavy atom. The molecule has 10 N–H and O–H groups in total. The van der Waals surface area contributed by atoms with Gasteiger partial charge in [0.15, 0.2) is 0 Å². The molecule has 16 nitrogen and oxygen atoms in total. The van der Waals surface area contributed by atoms with Crippen LogP contribution in [-0.4, -0.2) is 94.9 Å². The number of hydrogen-bond donors (Lipinski definition) is 9. The van der Waals surface area contributed by atoms with Gasteiger partial charge in [-0.05, 0) is 74.2 Å². The van der Waals surface area contributed by atoms with Gasteiger partial charge in [0.25, 0.3) is 0 Å². The van der Waals surface area contributed by atoms with Crippen LogP contribution in [0.25, 0.3) is 0 Å². The molecule has 59 heavy (non-hydrogen) atoms. The largest absolute Gasteiger partial charge is 0.508 e. The average molecular weight is 824 g/mol. The van der Waals surface area contributed by atoms with Crippen molar-refractivity contribution < 1.29 is 43.8 Å². The van der Waals surface area contributed by atoms with Crippen LogP contribution < -0.4 is 37.6 Å². The molecule has 6 atom stereocenters. The summed E-state index contributed by atoms with van der Waals surface area (Å²) in [6.07, 6.45) is 5.01. The lowest BCUT2D eigenvalue weighted by Gasteiger charge is -2.28. The number of carbonyl (C=O) groups excluding carboxylic acids is 6. The average Bonchev–Trinajstić information content (AvgIpc) is 3.20. The van der Waals surface area contributed by atoms with Crippen LogP contribution in [0.15, 0.2) is 54.6 Å². The molecule has 6 amide bonds. The summed E-state index contributed by atoms with van der Waals surface area (Å²) in [7, 11) is 0. The second-order valence-electron chi connectivity index (χ2n) is 15.2. The number of phenolic OH excluding ortho intramolecular Hbond substituents is 1.